The van der Waals surface area contributed by atoms with Crippen molar-refractivity contribution < 1.29 is 9.90 Å². The maximum absolute atomic E-state index is 12.2. The van der Waals surface area contributed by atoms with Crippen molar-refractivity contribution in [1.82, 2.24) is 15.5 Å². The first-order chi connectivity index (χ1) is 10.2. The van der Waals surface area contributed by atoms with Crippen LogP contribution in [0.1, 0.15) is 46.0 Å². The number of amides is 1. The summed E-state index contributed by atoms with van der Waals surface area (Å²) in [5, 5.41) is 15.7. The molecule has 21 heavy (non-hydrogen) atoms. The third kappa shape index (κ3) is 4.41. The summed E-state index contributed by atoms with van der Waals surface area (Å²) in [4.78, 5) is 14.8. The second-order valence-corrected chi connectivity index (χ2v) is 6.48. The van der Waals surface area contributed by atoms with Gasteiger partial charge in [0.1, 0.15) is 0 Å². The quantitative estimate of drug-likeness (QED) is 0.648. The van der Waals surface area contributed by atoms with Gasteiger partial charge in [-0.05, 0) is 38.3 Å². The van der Waals surface area contributed by atoms with Crippen molar-refractivity contribution in [3.63, 3.8) is 0 Å². The summed E-state index contributed by atoms with van der Waals surface area (Å²) in [7, 11) is 0. The Morgan fingerprint density at radius 2 is 2.00 bits per heavy atom. The Balaban J connectivity index is 1.87. The van der Waals surface area contributed by atoms with Crippen molar-refractivity contribution in [3.8, 4) is 0 Å². The highest BCUT2D eigenvalue weighted by Crippen LogP contribution is 2.22. The molecule has 0 aliphatic carbocycles. The molecule has 0 aromatic rings. The van der Waals surface area contributed by atoms with Gasteiger partial charge >= 0.3 is 0 Å². The van der Waals surface area contributed by atoms with Crippen LogP contribution < -0.4 is 10.6 Å². The van der Waals surface area contributed by atoms with Gasteiger partial charge in [0, 0.05) is 19.1 Å². The lowest BCUT2D eigenvalue weighted by Crippen LogP contribution is -2.50. The summed E-state index contributed by atoms with van der Waals surface area (Å²) in [6, 6.07) is 0.235. The topological polar surface area (TPSA) is 64.6 Å². The number of carbonyl (C=O) groups excluding carboxylic acids is 1. The fraction of sp³-hybridized carbons (Fsp3) is 0.938. The van der Waals surface area contributed by atoms with Crippen molar-refractivity contribution in [2.24, 2.45) is 5.92 Å². The molecule has 5 nitrogen and oxygen atoms in total. The molecule has 122 valence electrons. The van der Waals surface area contributed by atoms with Crippen molar-refractivity contribution in [2.45, 2.75) is 64.1 Å². The third-order valence-corrected chi connectivity index (χ3v) is 5.11. The van der Waals surface area contributed by atoms with Crippen molar-refractivity contribution in [1.29, 1.82) is 0 Å². The highest BCUT2D eigenvalue weighted by molar-refractivity contribution is 5.82. The summed E-state index contributed by atoms with van der Waals surface area (Å²) in [5.74, 6) is 0.687. The van der Waals surface area contributed by atoms with Crippen molar-refractivity contribution in [3.05, 3.63) is 0 Å². The smallest absolute Gasteiger partial charge is 0.237 e. The van der Waals surface area contributed by atoms with Gasteiger partial charge in [-0.25, -0.2) is 0 Å². The Labute approximate surface area is 128 Å². The predicted molar refractivity (Wildman–Crippen MR) is 84.1 cm³/mol. The molecular weight excluding hydrogens is 266 g/mol. The lowest BCUT2D eigenvalue weighted by atomic mass is 9.92. The molecule has 0 bridgehead atoms. The Morgan fingerprint density at radius 3 is 2.52 bits per heavy atom. The molecule has 3 unspecified atom stereocenters. The highest BCUT2D eigenvalue weighted by atomic mass is 16.3. The number of nitrogens with one attached hydrogen (secondary N) is 2. The number of likely N-dealkylation sites (tertiary alicyclic amines) is 1. The predicted octanol–water partition coefficient (Wildman–Crippen LogP) is 0.726. The lowest BCUT2D eigenvalue weighted by molar-refractivity contribution is -0.123. The van der Waals surface area contributed by atoms with Gasteiger partial charge in [-0.3, -0.25) is 9.69 Å². The Morgan fingerprint density at radius 1 is 1.33 bits per heavy atom. The van der Waals surface area contributed by atoms with E-state index in [1.807, 2.05) is 0 Å². The van der Waals surface area contributed by atoms with Crippen LogP contribution in [0.15, 0.2) is 0 Å². The van der Waals surface area contributed by atoms with Gasteiger partial charge in [0.15, 0.2) is 0 Å². The second kappa shape index (κ2) is 8.11. The van der Waals surface area contributed by atoms with E-state index >= 15 is 0 Å². The van der Waals surface area contributed by atoms with Crippen LogP contribution in [0.4, 0.5) is 0 Å². The van der Waals surface area contributed by atoms with Gasteiger partial charge < -0.3 is 15.7 Å². The third-order valence-electron chi connectivity index (χ3n) is 5.11. The van der Waals surface area contributed by atoms with Gasteiger partial charge in [-0.15, -0.1) is 0 Å². The minimum absolute atomic E-state index is 0.0432. The Bertz CT molecular complexity index is 325. The van der Waals surface area contributed by atoms with Crippen LogP contribution >= 0.6 is 0 Å². The molecule has 2 rings (SSSR count). The van der Waals surface area contributed by atoms with E-state index < -0.39 is 0 Å². The summed E-state index contributed by atoms with van der Waals surface area (Å²) in [5.41, 5.74) is 0. The number of β-amino-alcohol motifs (C(OH)–C–C–N with tert-alkyl or cyclic N) is 1. The summed E-state index contributed by atoms with van der Waals surface area (Å²) in [6.07, 6.45) is 5.03. The molecule has 0 aromatic carbocycles. The zero-order chi connectivity index (χ0) is 15.2. The number of aliphatic hydroxyl groups excluding tert-OH is 1. The van der Waals surface area contributed by atoms with Crippen LogP contribution in [0, 0.1) is 5.92 Å². The molecule has 0 aromatic heterocycles. The minimum atomic E-state index is -0.380. The molecule has 3 atom stereocenters. The molecule has 5 heteroatoms. The molecule has 2 aliphatic heterocycles. The van der Waals surface area contributed by atoms with E-state index in [-0.39, 0.29) is 18.1 Å². The Hall–Kier alpha value is -0.650. The molecule has 2 aliphatic rings. The number of hydrogen-bond acceptors (Lipinski definition) is 4. The number of aliphatic hydroxyl groups is 1. The van der Waals surface area contributed by atoms with Crippen LogP contribution in [-0.4, -0.2) is 60.3 Å². The number of carbonyl (C=O) groups is 1. The lowest BCUT2D eigenvalue weighted by Gasteiger charge is -2.34. The van der Waals surface area contributed by atoms with E-state index in [4.69, 9.17) is 0 Å². The summed E-state index contributed by atoms with van der Waals surface area (Å²) >= 11 is 0. The monoisotopic (exact) mass is 297 g/mol. The van der Waals surface area contributed by atoms with Crippen LogP contribution in [0.25, 0.3) is 0 Å². The largest absolute Gasteiger partial charge is 0.392 e. The van der Waals surface area contributed by atoms with Gasteiger partial charge in [0.05, 0.1) is 12.1 Å². The summed E-state index contributed by atoms with van der Waals surface area (Å²) < 4.78 is 0. The first-order valence-corrected chi connectivity index (χ1v) is 8.58. The van der Waals surface area contributed by atoms with Gasteiger partial charge in [-0.2, -0.15) is 0 Å². The molecule has 2 saturated heterocycles. The fourth-order valence-corrected chi connectivity index (χ4v) is 3.75. The van der Waals surface area contributed by atoms with E-state index in [1.54, 1.807) is 0 Å². The van der Waals surface area contributed by atoms with Gasteiger partial charge in [0.2, 0.25) is 5.91 Å². The van der Waals surface area contributed by atoms with Crippen molar-refractivity contribution in [2.75, 3.05) is 26.2 Å². The van der Waals surface area contributed by atoms with E-state index in [9.17, 15) is 9.90 Å². The Kier molecular flexibility index (Phi) is 6.45. The van der Waals surface area contributed by atoms with Crippen LogP contribution in [0.3, 0.4) is 0 Å². The maximum atomic E-state index is 12.2. The molecule has 3 N–H and O–H groups in total. The van der Waals surface area contributed by atoms with E-state index in [0.717, 1.165) is 32.5 Å². The number of nitrogens with zero attached hydrogens (tertiary/aromatic N) is 1. The number of hydrogen-bond donors (Lipinski definition) is 3. The molecule has 2 fully saturated rings. The number of rotatable bonds is 7. The standard InChI is InChI=1S/C16H31N3O2/c1-3-12(4-2)15(19-7-5-6-8-19)11-18-16(21)14-9-13(20)10-17-14/h12-15,17,20H,3-11H2,1-2H3,(H,18,21). The van der Waals surface area contributed by atoms with E-state index in [2.05, 4.69) is 29.4 Å². The molecule has 1 amide bonds. The average Bonchev–Trinajstić information content (AvgIpc) is 3.14. The van der Waals surface area contributed by atoms with E-state index in [0.29, 0.717) is 24.9 Å². The van der Waals surface area contributed by atoms with Crippen LogP contribution in [0.2, 0.25) is 0 Å². The van der Waals surface area contributed by atoms with Gasteiger partial charge in [0.25, 0.3) is 0 Å². The molecule has 2 heterocycles. The fourth-order valence-electron chi connectivity index (χ4n) is 3.75. The zero-order valence-electron chi connectivity index (χ0n) is 13.5. The minimum Gasteiger partial charge on any atom is -0.392 e. The van der Waals surface area contributed by atoms with Crippen molar-refractivity contribution >= 4 is 5.91 Å². The molecule has 0 saturated carbocycles. The first kappa shape index (κ1) is 16.7. The van der Waals surface area contributed by atoms with Crippen LogP contribution in [-0.2, 0) is 4.79 Å². The molecule has 0 spiro atoms. The van der Waals surface area contributed by atoms with E-state index in [1.165, 1.54) is 12.8 Å². The SMILES string of the molecule is CCC(CC)C(CNC(=O)C1CC(O)CN1)N1CCCC1. The second-order valence-electron chi connectivity index (χ2n) is 6.48. The zero-order valence-corrected chi connectivity index (χ0v) is 13.5. The normalized spacial score (nSPS) is 28.2. The van der Waals surface area contributed by atoms with Crippen LogP contribution in [0.5, 0.6) is 0 Å². The average molecular weight is 297 g/mol. The molecular formula is C16H31N3O2. The summed E-state index contributed by atoms with van der Waals surface area (Å²) in [6.45, 7) is 8.08. The highest BCUT2D eigenvalue weighted by Gasteiger charge is 2.31. The maximum Gasteiger partial charge on any atom is 0.237 e. The molecule has 0 radical (unpaired) electrons. The van der Waals surface area contributed by atoms with Gasteiger partial charge in [-0.1, -0.05) is 26.7 Å². The first-order valence-electron chi connectivity index (χ1n) is 8.58.